The zero-order valence-electron chi connectivity index (χ0n) is 9.30. The molecule has 3 heteroatoms. The third-order valence-electron chi connectivity index (χ3n) is 2.17. The summed E-state index contributed by atoms with van der Waals surface area (Å²) in [5, 5.41) is 0. The number of esters is 1. The number of halogens is 1. The van der Waals surface area contributed by atoms with Crippen LogP contribution in [0.3, 0.4) is 0 Å². The number of carbonyl (C=O) groups is 1. The summed E-state index contributed by atoms with van der Waals surface area (Å²) in [6, 6.07) is 0. The van der Waals surface area contributed by atoms with Crippen molar-refractivity contribution in [3.05, 3.63) is 23.8 Å². The highest BCUT2D eigenvalue weighted by Crippen LogP contribution is 2.16. The number of hydrogen-bond donors (Lipinski definition) is 0. The Balaban J connectivity index is 3.62. The van der Waals surface area contributed by atoms with Crippen LogP contribution in [0.5, 0.6) is 0 Å². The molecule has 0 saturated carbocycles. The minimum Gasteiger partial charge on any atom is -0.469 e. The second kappa shape index (κ2) is 9.78. The molecule has 0 aliphatic carbocycles. The fourth-order valence-electron chi connectivity index (χ4n) is 1.27. The van der Waals surface area contributed by atoms with Gasteiger partial charge in [0.1, 0.15) is 0 Å². The lowest BCUT2D eigenvalue weighted by atomic mass is 10.0. The van der Waals surface area contributed by atoms with Crippen molar-refractivity contribution in [2.45, 2.75) is 38.5 Å². The van der Waals surface area contributed by atoms with Gasteiger partial charge in [0, 0.05) is 12.0 Å². The molecule has 0 N–H and O–H groups in total. The van der Waals surface area contributed by atoms with Gasteiger partial charge in [0.15, 0.2) is 0 Å². The summed E-state index contributed by atoms with van der Waals surface area (Å²) in [7, 11) is 1.41. The number of allylic oxidation sites excluding steroid dienone is 2. The predicted molar refractivity (Wildman–Crippen MR) is 63.9 cm³/mol. The van der Waals surface area contributed by atoms with E-state index in [-0.39, 0.29) is 5.97 Å². The van der Waals surface area contributed by atoms with Crippen molar-refractivity contribution in [1.82, 2.24) is 0 Å². The molecule has 0 unspecified atom stereocenters. The van der Waals surface area contributed by atoms with E-state index >= 15 is 0 Å². The Hall–Kier alpha value is -0.760. The molecule has 0 heterocycles. The van der Waals surface area contributed by atoms with Gasteiger partial charge < -0.3 is 4.74 Å². The van der Waals surface area contributed by atoms with Crippen LogP contribution >= 0.6 is 11.6 Å². The van der Waals surface area contributed by atoms with Crippen LogP contribution in [0.1, 0.15) is 38.5 Å². The Morgan fingerprint density at radius 1 is 1.33 bits per heavy atom. The Morgan fingerprint density at radius 3 is 2.53 bits per heavy atom. The van der Waals surface area contributed by atoms with Crippen LogP contribution in [-0.4, -0.2) is 13.1 Å². The first-order valence-electron chi connectivity index (χ1n) is 5.20. The number of ether oxygens (including phenoxy) is 1. The van der Waals surface area contributed by atoms with Crippen molar-refractivity contribution in [2.24, 2.45) is 0 Å². The van der Waals surface area contributed by atoms with E-state index in [1.165, 1.54) is 12.7 Å². The minimum absolute atomic E-state index is 0.157. The molecule has 0 aromatic heterocycles. The topological polar surface area (TPSA) is 26.3 Å². The fraction of sp³-hybridized carbons (Fsp3) is 0.583. The van der Waals surface area contributed by atoms with Crippen molar-refractivity contribution in [1.29, 1.82) is 0 Å². The Morgan fingerprint density at radius 2 is 2.00 bits per heavy atom. The monoisotopic (exact) mass is 230 g/mol. The summed E-state index contributed by atoms with van der Waals surface area (Å²) in [5.74, 6) is -0.157. The molecule has 0 aromatic carbocycles. The quantitative estimate of drug-likeness (QED) is 0.360. The van der Waals surface area contributed by atoms with E-state index < -0.39 is 0 Å². The van der Waals surface area contributed by atoms with Gasteiger partial charge in [-0.3, -0.25) is 4.79 Å². The average Bonchev–Trinajstić information content (AvgIpc) is 2.26. The van der Waals surface area contributed by atoms with Crippen molar-refractivity contribution >= 4 is 17.6 Å². The zero-order chi connectivity index (χ0) is 11.5. The van der Waals surface area contributed by atoms with Gasteiger partial charge in [-0.1, -0.05) is 23.3 Å². The largest absolute Gasteiger partial charge is 0.469 e. The SMILES string of the molecule is C=CCCC/C(=C\Cl)CCCC(=O)OC. The second-order valence-corrected chi connectivity index (χ2v) is 3.60. The first kappa shape index (κ1) is 14.2. The summed E-state index contributed by atoms with van der Waals surface area (Å²) < 4.78 is 4.56. The van der Waals surface area contributed by atoms with Crippen molar-refractivity contribution in [3.63, 3.8) is 0 Å². The highest BCUT2D eigenvalue weighted by molar-refractivity contribution is 6.25. The van der Waals surface area contributed by atoms with E-state index in [1.54, 1.807) is 5.54 Å². The van der Waals surface area contributed by atoms with Gasteiger partial charge in [-0.05, 0) is 32.1 Å². The Labute approximate surface area is 97.0 Å². The molecular weight excluding hydrogens is 212 g/mol. The fourth-order valence-corrected chi connectivity index (χ4v) is 1.49. The van der Waals surface area contributed by atoms with Crippen LogP contribution in [0, 0.1) is 0 Å². The lowest BCUT2D eigenvalue weighted by Gasteiger charge is -2.04. The Kier molecular flexibility index (Phi) is 9.29. The number of rotatable bonds is 8. The van der Waals surface area contributed by atoms with Crippen LogP contribution in [-0.2, 0) is 9.53 Å². The third-order valence-corrected chi connectivity index (χ3v) is 2.48. The highest BCUT2D eigenvalue weighted by Gasteiger charge is 2.02. The third kappa shape index (κ3) is 8.25. The maximum atomic E-state index is 10.9. The molecule has 0 amide bonds. The van der Waals surface area contributed by atoms with E-state index in [0.717, 1.165) is 32.1 Å². The first-order chi connectivity index (χ1) is 7.24. The van der Waals surface area contributed by atoms with Gasteiger partial charge in [0.25, 0.3) is 0 Å². The molecule has 0 fully saturated rings. The van der Waals surface area contributed by atoms with Crippen LogP contribution in [0.2, 0.25) is 0 Å². The smallest absolute Gasteiger partial charge is 0.305 e. The van der Waals surface area contributed by atoms with E-state index in [2.05, 4.69) is 11.3 Å². The van der Waals surface area contributed by atoms with E-state index in [1.807, 2.05) is 6.08 Å². The van der Waals surface area contributed by atoms with Crippen LogP contribution in [0.4, 0.5) is 0 Å². The summed E-state index contributed by atoms with van der Waals surface area (Å²) in [6.07, 6.45) is 7.10. The number of methoxy groups -OCH3 is 1. The van der Waals surface area contributed by atoms with Gasteiger partial charge in [-0.2, -0.15) is 0 Å². The average molecular weight is 231 g/mol. The van der Waals surface area contributed by atoms with Gasteiger partial charge in [0.2, 0.25) is 0 Å². The van der Waals surface area contributed by atoms with Gasteiger partial charge >= 0.3 is 5.97 Å². The lowest BCUT2D eigenvalue weighted by molar-refractivity contribution is -0.140. The molecule has 0 bridgehead atoms. The van der Waals surface area contributed by atoms with Crippen molar-refractivity contribution in [2.75, 3.05) is 7.11 Å². The molecule has 0 saturated heterocycles. The molecule has 0 radical (unpaired) electrons. The maximum Gasteiger partial charge on any atom is 0.305 e. The molecule has 15 heavy (non-hydrogen) atoms. The van der Waals surface area contributed by atoms with Gasteiger partial charge in [-0.15, -0.1) is 6.58 Å². The molecular formula is C12H19ClO2. The van der Waals surface area contributed by atoms with E-state index in [0.29, 0.717) is 6.42 Å². The summed E-state index contributed by atoms with van der Waals surface area (Å²) in [4.78, 5) is 10.9. The maximum absolute atomic E-state index is 10.9. The van der Waals surface area contributed by atoms with E-state index in [4.69, 9.17) is 11.6 Å². The van der Waals surface area contributed by atoms with Crippen molar-refractivity contribution < 1.29 is 9.53 Å². The number of carbonyl (C=O) groups excluding carboxylic acids is 1. The number of hydrogen-bond acceptors (Lipinski definition) is 2. The number of unbranched alkanes of at least 4 members (excludes halogenated alkanes) is 1. The predicted octanol–water partition coefficient (Wildman–Crippen LogP) is 3.81. The normalized spacial score (nSPS) is 11.2. The molecule has 86 valence electrons. The minimum atomic E-state index is -0.157. The lowest BCUT2D eigenvalue weighted by Crippen LogP contribution is -1.99. The second-order valence-electron chi connectivity index (χ2n) is 3.38. The van der Waals surface area contributed by atoms with E-state index in [9.17, 15) is 4.79 Å². The molecule has 2 nitrogen and oxygen atoms in total. The van der Waals surface area contributed by atoms with Crippen LogP contribution in [0.25, 0.3) is 0 Å². The summed E-state index contributed by atoms with van der Waals surface area (Å²) in [5.41, 5.74) is 2.82. The summed E-state index contributed by atoms with van der Waals surface area (Å²) >= 11 is 5.69. The Bertz CT molecular complexity index is 222. The van der Waals surface area contributed by atoms with Crippen LogP contribution in [0.15, 0.2) is 23.8 Å². The van der Waals surface area contributed by atoms with Gasteiger partial charge in [0.05, 0.1) is 7.11 Å². The molecule has 0 rings (SSSR count). The molecule has 0 aromatic rings. The standard InChI is InChI=1S/C12H19ClO2/c1-3-4-5-7-11(10-13)8-6-9-12(14)15-2/h3,10H,1,4-9H2,2H3/b11-10+. The van der Waals surface area contributed by atoms with Crippen LogP contribution < -0.4 is 0 Å². The zero-order valence-corrected chi connectivity index (χ0v) is 10.1. The first-order valence-corrected chi connectivity index (χ1v) is 5.64. The van der Waals surface area contributed by atoms with Gasteiger partial charge in [-0.25, -0.2) is 0 Å². The summed E-state index contributed by atoms with van der Waals surface area (Å²) in [6.45, 7) is 3.67. The molecule has 0 aliphatic rings. The molecule has 0 atom stereocenters. The van der Waals surface area contributed by atoms with Crippen molar-refractivity contribution in [3.8, 4) is 0 Å². The highest BCUT2D eigenvalue weighted by atomic mass is 35.5. The molecule has 0 aliphatic heterocycles. The molecule has 0 spiro atoms.